The van der Waals surface area contributed by atoms with Gasteiger partial charge in [-0.1, -0.05) is 46.3 Å². The summed E-state index contributed by atoms with van der Waals surface area (Å²) in [5.74, 6) is -1.19. The Morgan fingerprint density at radius 3 is 2.59 bits per heavy atom. The molecular weight excluding hydrogens is 496 g/mol. The lowest BCUT2D eigenvalue weighted by molar-refractivity contribution is -0.133. The van der Waals surface area contributed by atoms with Crippen molar-refractivity contribution in [2.75, 3.05) is 10.0 Å². The number of hydrogen-bond donors (Lipinski definition) is 3. The van der Waals surface area contributed by atoms with Crippen molar-refractivity contribution in [1.29, 1.82) is 0 Å². The second-order valence-corrected chi connectivity index (χ2v) is 10.1. The van der Waals surface area contributed by atoms with Crippen LogP contribution in [0.15, 0.2) is 76.1 Å². The van der Waals surface area contributed by atoms with Gasteiger partial charge in [-0.2, -0.15) is 0 Å². The molecular formula is C23H19BrN2O5S. The molecule has 7 nitrogen and oxygen atoms in total. The van der Waals surface area contributed by atoms with Gasteiger partial charge in [0.15, 0.2) is 11.4 Å². The molecule has 0 aromatic heterocycles. The fraction of sp³-hybridized carbons (Fsp3) is 0.130. The van der Waals surface area contributed by atoms with Crippen molar-refractivity contribution in [3.63, 3.8) is 0 Å². The predicted molar refractivity (Wildman–Crippen MR) is 124 cm³/mol. The largest absolute Gasteiger partial charge is 0.375 e. The summed E-state index contributed by atoms with van der Waals surface area (Å²) < 4.78 is 28.6. The summed E-state index contributed by atoms with van der Waals surface area (Å²) in [7, 11) is -3.85. The lowest BCUT2D eigenvalue weighted by atomic mass is 9.88. The first-order valence-electron chi connectivity index (χ1n) is 9.66. The molecule has 0 saturated heterocycles. The van der Waals surface area contributed by atoms with Gasteiger partial charge < -0.3 is 10.4 Å². The average Bonchev–Trinajstić information content (AvgIpc) is 2.98. The topological polar surface area (TPSA) is 113 Å². The van der Waals surface area contributed by atoms with E-state index in [0.29, 0.717) is 21.3 Å². The summed E-state index contributed by atoms with van der Waals surface area (Å²) in [5, 5.41) is 13.6. The number of nitrogens with one attached hydrogen (secondary N) is 2. The van der Waals surface area contributed by atoms with Gasteiger partial charge in [-0.3, -0.25) is 14.3 Å². The van der Waals surface area contributed by atoms with Crippen LogP contribution in [0.2, 0.25) is 0 Å². The fourth-order valence-corrected chi connectivity index (χ4v) is 5.31. The van der Waals surface area contributed by atoms with Crippen molar-refractivity contribution in [3.8, 4) is 0 Å². The van der Waals surface area contributed by atoms with Gasteiger partial charge in [0, 0.05) is 27.0 Å². The van der Waals surface area contributed by atoms with E-state index >= 15 is 0 Å². The Kier molecular flexibility index (Phi) is 5.66. The van der Waals surface area contributed by atoms with Gasteiger partial charge in [0.05, 0.1) is 11.3 Å². The third-order valence-electron chi connectivity index (χ3n) is 5.29. The van der Waals surface area contributed by atoms with E-state index in [1.165, 1.54) is 30.3 Å². The van der Waals surface area contributed by atoms with Gasteiger partial charge in [-0.25, -0.2) is 8.42 Å². The van der Waals surface area contributed by atoms with Crippen molar-refractivity contribution in [3.05, 3.63) is 87.9 Å². The molecule has 9 heteroatoms. The maximum absolute atomic E-state index is 13.0. The molecule has 1 aliphatic heterocycles. The molecule has 0 unspecified atom stereocenters. The Bertz CT molecular complexity index is 1360. The normalized spacial score (nSPS) is 17.5. The van der Waals surface area contributed by atoms with Crippen molar-refractivity contribution < 1.29 is 23.1 Å². The monoisotopic (exact) mass is 514 g/mol. The van der Waals surface area contributed by atoms with Crippen LogP contribution in [-0.4, -0.2) is 25.2 Å². The SMILES string of the molecule is Cc1ccccc1S(=O)(=O)Nc1cccc(C(=O)C[C@@]2(O)C(=O)Nc3ccc(Br)cc32)c1. The van der Waals surface area contributed by atoms with E-state index in [1.54, 1.807) is 43.3 Å². The Labute approximate surface area is 193 Å². The summed E-state index contributed by atoms with van der Waals surface area (Å²) in [6, 6.07) is 17.5. The predicted octanol–water partition coefficient (Wildman–Crippen LogP) is 3.97. The van der Waals surface area contributed by atoms with Crippen molar-refractivity contribution in [1.82, 2.24) is 0 Å². The van der Waals surface area contributed by atoms with Gasteiger partial charge in [-0.15, -0.1) is 0 Å². The quantitative estimate of drug-likeness (QED) is 0.430. The van der Waals surface area contributed by atoms with Gasteiger partial charge in [-0.05, 0) is 48.9 Å². The molecule has 3 aromatic rings. The molecule has 1 aliphatic rings. The minimum Gasteiger partial charge on any atom is -0.375 e. The molecule has 0 spiro atoms. The van der Waals surface area contributed by atoms with Crippen LogP contribution in [-0.2, 0) is 20.4 Å². The lowest BCUT2D eigenvalue weighted by Crippen LogP contribution is -2.36. The molecule has 3 N–H and O–H groups in total. The number of ketones is 1. The first-order chi connectivity index (χ1) is 15.1. The molecule has 1 atom stereocenters. The zero-order valence-electron chi connectivity index (χ0n) is 16.9. The fourth-order valence-electron chi connectivity index (χ4n) is 3.65. The number of amides is 1. The number of anilines is 2. The summed E-state index contributed by atoms with van der Waals surface area (Å²) in [6.07, 6.45) is -0.490. The van der Waals surface area contributed by atoms with Crippen LogP contribution >= 0.6 is 15.9 Å². The zero-order valence-corrected chi connectivity index (χ0v) is 19.3. The van der Waals surface area contributed by atoms with E-state index in [0.717, 1.165) is 0 Å². The third kappa shape index (κ3) is 4.06. The highest BCUT2D eigenvalue weighted by atomic mass is 79.9. The van der Waals surface area contributed by atoms with E-state index in [9.17, 15) is 23.1 Å². The maximum atomic E-state index is 13.0. The first-order valence-corrected chi connectivity index (χ1v) is 11.9. The van der Waals surface area contributed by atoms with E-state index in [1.807, 2.05) is 0 Å². The highest BCUT2D eigenvalue weighted by molar-refractivity contribution is 9.10. The molecule has 0 aliphatic carbocycles. The molecule has 3 aromatic carbocycles. The molecule has 0 radical (unpaired) electrons. The number of sulfonamides is 1. The summed E-state index contributed by atoms with van der Waals surface area (Å²) in [6.45, 7) is 1.69. The van der Waals surface area contributed by atoms with Crippen LogP contribution in [0, 0.1) is 6.92 Å². The highest BCUT2D eigenvalue weighted by Gasteiger charge is 2.46. The Morgan fingerprint density at radius 2 is 1.84 bits per heavy atom. The number of fused-ring (bicyclic) bond motifs is 1. The number of Topliss-reactive ketones (excluding diaryl/α,β-unsaturated/α-hetero) is 1. The van der Waals surface area contributed by atoms with Crippen molar-refractivity contribution in [2.45, 2.75) is 23.8 Å². The van der Waals surface area contributed by atoms with Crippen LogP contribution in [0.4, 0.5) is 11.4 Å². The standard InChI is InChI=1S/C23H19BrN2O5S/c1-14-5-2-3-8-21(14)32(30,31)26-17-7-4-6-15(11-17)20(27)13-23(29)18-12-16(24)9-10-19(18)25-22(23)28/h2-12,26,29H,13H2,1H3,(H,25,28)/t23-/m0/s1. The van der Waals surface area contributed by atoms with E-state index in [4.69, 9.17) is 0 Å². The number of hydrogen-bond acceptors (Lipinski definition) is 5. The molecule has 32 heavy (non-hydrogen) atoms. The summed E-state index contributed by atoms with van der Waals surface area (Å²) >= 11 is 3.31. The Morgan fingerprint density at radius 1 is 1.09 bits per heavy atom. The number of aryl methyl sites for hydroxylation is 1. The number of rotatable bonds is 6. The van der Waals surface area contributed by atoms with Gasteiger partial charge in [0.1, 0.15) is 0 Å². The summed E-state index contributed by atoms with van der Waals surface area (Å²) in [4.78, 5) is 25.5. The number of carbonyl (C=O) groups is 2. The molecule has 0 saturated carbocycles. The van der Waals surface area contributed by atoms with Gasteiger partial charge in [0.2, 0.25) is 0 Å². The van der Waals surface area contributed by atoms with Crippen LogP contribution in [0.1, 0.15) is 27.9 Å². The van der Waals surface area contributed by atoms with Crippen molar-refractivity contribution >= 4 is 49.0 Å². The van der Waals surface area contributed by atoms with Crippen LogP contribution < -0.4 is 10.0 Å². The lowest BCUT2D eigenvalue weighted by Gasteiger charge is -2.20. The Hall–Kier alpha value is -3.01. The smallest absolute Gasteiger partial charge is 0.262 e. The molecule has 4 rings (SSSR count). The van der Waals surface area contributed by atoms with E-state index in [2.05, 4.69) is 26.0 Å². The van der Waals surface area contributed by atoms with E-state index in [-0.39, 0.29) is 16.1 Å². The van der Waals surface area contributed by atoms with Gasteiger partial charge in [0.25, 0.3) is 15.9 Å². The maximum Gasteiger partial charge on any atom is 0.262 e. The molecule has 0 bridgehead atoms. The first kappa shape index (κ1) is 22.2. The molecule has 0 fully saturated rings. The molecule has 164 valence electrons. The highest BCUT2D eigenvalue weighted by Crippen LogP contribution is 2.40. The second-order valence-electron chi connectivity index (χ2n) is 7.56. The van der Waals surface area contributed by atoms with Gasteiger partial charge >= 0.3 is 0 Å². The van der Waals surface area contributed by atoms with Crippen molar-refractivity contribution in [2.24, 2.45) is 0 Å². The number of aliphatic hydroxyl groups is 1. The molecule has 1 amide bonds. The van der Waals surface area contributed by atoms with Crippen LogP contribution in [0.25, 0.3) is 0 Å². The Balaban J connectivity index is 1.59. The summed E-state index contributed by atoms with van der Waals surface area (Å²) in [5.41, 5.74) is -0.321. The zero-order chi connectivity index (χ0) is 23.1. The third-order valence-corrected chi connectivity index (χ3v) is 7.32. The number of halogens is 1. The molecule has 1 heterocycles. The minimum atomic E-state index is -3.85. The number of benzene rings is 3. The van der Waals surface area contributed by atoms with Crippen LogP contribution in [0.3, 0.4) is 0 Å². The minimum absolute atomic E-state index is 0.135. The number of carbonyl (C=O) groups excluding carboxylic acids is 2. The van der Waals surface area contributed by atoms with Crippen LogP contribution in [0.5, 0.6) is 0 Å². The second kappa shape index (κ2) is 8.16. The van der Waals surface area contributed by atoms with E-state index < -0.39 is 33.7 Å². The average molecular weight is 515 g/mol.